The lowest BCUT2D eigenvalue weighted by Crippen LogP contribution is -2.36. The van der Waals surface area contributed by atoms with Crippen molar-refractivity contribution in [2.24, 2.45) is 0 Å². The third-order valence-corrected chi connectivity index (χ3v) is 5.78. The van der Waals surface area contributed by atoms with Gasteiger partial charge in [0.2, 0.25) is 10.0 Å². The van der Waals surface area contributed by atoms with E-state index in [9.17, 15) is 8.42 Å². The SMILES string of the molecule is Cc1ccc(S(=O)(=O)N2CCc3ncncc3C2)cc1C. The Morgan fingerprint density at radius 1 is 1.19 bits per heavy atom. The Hall–Kier alpha value is -1.79. The summed E-state index contributed by atoms with van der Waals surface area (Å²) in [5.74, 6) is 0. The minimum Gasteiger partial charge on any atom is -0.244 e. The average molecular weight is 303 g/mol. The van der Waals surface area contributed by atoms with Crippen LogP contribution in [0.5, 0.6) is 0 Å². The van der Waals surface area contributed by atoms with E-state index in [1.807, 2.05) is 19.9 Å². The number of aryl methyl sites for hydroxylation is 2. The number of nitrogens with zero attached hydrogens (tertiary/aromatic N) is 3. The number of aromatic nitrogens is 2. The molecule has 6 heteroatoms. The van der Waals surface area contributed by atoms with Crippen LogP contribution in [0.2, 0.25) is 0 Å². The predicted octanol–water partition coefficient (Wildman–Crippen LogP) is 1.84. The molecule has 0 atom stereocenters. The molecule has 2 aromatic rings. The summed E-state index contributed by atoms with van der Waals surface area (Å²) in [5.41, 5.74) is 3.90. The van der Waals surface area contributed by atoms with Crippen LogP contribution in [0, 0.1) is 13.8 Å². The van der Waals surface area contributed by atoms with Crippen molar-refractivity contribution in [3.63, 3.8) is 0 Å². The number of rotatable bonds is 2. The summed E-state index contributed by atoms with van der Waals surface area (Å²) in [6.07, 6.45) is 3.83. The van der Waals surface area contributed by atoms with Gasteiger partial charge in [-0.1, -0.05) is 6.07 Å². The van der Waals surface area contributed by atoms with Crippen molar-refractivity contribution in [1.29, 1.82) is 0 Å². The Bertz CT molecular complexity index is 787. The Labute approximate surface area is 124 Å². The first kappa shape index (κ1) is 14.2. The summed E-state index contributed by atoms with van der Waals surface area (Å²) in [6, 6.07) is 5.26. The fourth-order valence-electron chi connectivity index (χ4n) is 2.47. The molecule has 1 aromatic carbocycles. The summed E-state index contributed by atoms with van der Waals surface area (Å²) in [4.78, 5) is 8.53. The molecule has 1 aliphatic rings. The molecular weight excluding hydrogens is 286 g/mol. The minimum absolute atomic E-state index is 0.339. The summed E-state index contributed by atoms with van der Waals surface area (Å²) in [7, 11) is -3.47. The molecule has 0 radical (unpaired) electrons. The van der Waals surface area contributed by atoms with E-state index in [1.165, 1.54) is 10.6 Å². The van der Waals surface area contributed by atoms with Crippen LogP contribution in [-0.2, 0) is 23.0 Å². The molecule has 0 unspecified atom stereocenters. The third-order valence-electron chi connectivity index (χ3n) is 3.94. The molecule has 0 amide bonds. The monoisotopic (exact) mass is 303 g/mol. The Kier molecular flexibility index (Phi) is 3.51. The van der Waals surface area contributed by atoms with E-state index in [0.29, 0.717) is 24.4 Å². The molecule has 0 saturated heterocycles. The normalized spacial score (nSPS) is 15.7. The second-order valence-corrected chi connectivity index (χ2v) is 7.27. The Balaban J connectivity index is 1.95. The largest absolute Gasteiger partial charge is 0.244 e. The first-order valence-corrected chi connectivity index (χ1v) is 8.27. The van der Waals surface area contributed by atoms with Gasteiger partial charge in [0.1, 0.15) is 6.33 Å². The third kappa shape index (κ3) is 2.56. The molecule has 0 aliphatic carbocycles. The highest BCUT2D eigenvalue weighted by atomic mass is 32.2. The smallest absolute Gasteiger partial charge is 0.243 e. The van der Waals surface area contributed by atoms with E-state index in [1.54, 1.807) is 18.3 Å². The Morgan fingerprint density at radius 2 is 2.00 bits per heavy atom. The summed E-state index contributed by atoms with van der Waals surface area (Å²) in [6.45, 7) is 4.69. The lowest BCUT2D eigenvalue weighted by molar-refractivity contribution is 0.386. The predicted molar refractivity (Wildman–Crippen MR) is 79.2 cm³/mol. The second kappa shape index (κ2) is 5.20. The summed E-state index contributed by atoms with van der Waals surface area (Å²) in [5, 5.41) is 0. The van der Waals surface area contributed by atoms with Gasteiger partial charge in [-0.15, -0.1) is 0 Å². The van der Waals surface area contributed by atoms with Crippen molar-refractivity contribution in [2.75, 3.05) is 6.54 Å². The molecule has 1 aliphatic heterocycles. The van der Waals surface area contributed by atoms with E-state index < -0.39 is 10.0 Å². The van der Waals surface area contributed by atoms with Gasteiger partial charge < -0.3 is 0 Å². The lowest BCUT2D eigenvalue weighted by Gasteiger charge is -2.27. The molecule has 110 valence electrons. The minimum atomic E-state index is -3.47. The van der Waals surface area contributed by atoms with Gasteiger partial charge in [0.25, 0.3) is 0 Å². The molecule has 0 bridgehead atoms. The molecule has 2 heterocycles. The number of fused-ring (bicyclic) bond motifs is 1. The average Bonchev–Trinajstić information content (AvgIpc) is 2.49. The van der Waals surface area contributed by atoms with Gasteiger partial charge in [-0.25, -0.2) is 18.4 Å². The van der Waals surface area contributed by atoms with Gasteiger partial charge in [-0.2, -0.15) is 4.31 Å². The fourth-order valence-corrected chi connectivity index (χ4v) is 3.97. The van der Waals surface area contributed by atoms with Gasteiger partial charge in [0.05, 0.1) is 4.90 Å². The second-order valence-electron chi connectivity index (χ2n) is 5.33. The van der Waals surface area contributed by atoms with Gasteiger partial charge in [0.15, 0.2) is 0 Å². The van der Waals surface area contributed by atoms with Crippen LogP contribution in [0.3, 0.4) is 0 Å². The Morgan fingerprint density at radius 3 is 2.76 bits per heavy atom. The first-order valence-electron chi connectivity index (χ1n) is 6.83. The van der Waals surface area contributed by atoms with Crippen molar-refractivity contribution in [3.8, 4) is 0 Å². The van der Waals surface area contributed by atoms with Crippen molar-refractivity contribution in [2.45, 2.75) is 31.7 Å². The molecule has 0 N–H and O–H groups in total. The van der Waals surface area contributed by atoms with Gasteiger partial charge in [-0.3, -0.25) is 0 Å². The van der Waals surface area contributed by atoms with Crippen LogP contribution in [0.4, 0.5) is 0 Å². The molecule has 1 aromatic heterocycles. The van der Waals surface area contributed by atoms with Crippen LogP contribution >= 0.6 is 0 Å². The van der Waals surface area contributed by atoms with Gasteiger partial charge >= 0.3 is 0 Å². The van der Waals surface area contributed by atoms with Crippen LogP contribution in [0.1, 0.15) is 22.4 Å². The maximum Gasteiger partial charge on any atom is 0.243 e. The zero-order chi connectivity index (χ0) is 15.0. The number of hydrogen-bond acceptors (Lipinski definition) is 4. The lowest BCUT2D eigenvalue weighted by atomic mass is 10.1. The van der Waals surface area contributed by atoms with Crippen molar-refractivity contribution >= 4 is 10.0 Å². The standard InChI is InChI=1S/C15H17N3O2S/c1-11-3-4-14(7-12(11)2)21(19,20)18-6-5-15-13(9-18)8-16-10-17-15/h3-4,7-8,10H,5-6,9H2,1-2H3. The molecule has 5 nitrogen and oxygen atoms in total. The fraction of sp³-hybridized carbons (Fsp3) is 0.333. The van der Waals surface area contributed by atoms with E-state index in [4.69, 9.17) is 0 Å². The van der Waals surface area contributed by atoms with Gasteiger partial charge in [-0.05, 0) is 37.1 Å². The maximum absolute atomic E-state index is 12.7. The molecule has 21 heavy (non-hydrogen) atoms. The zero-order valence-electron chi connectivity index (χ0n) is 12.1. The molecule has 0 saturated carbocycles. The molecule has 3 rings (SSSR count). The molecule has 0 fully saturated rings. The number of hydrogen-bond donors (Lipinski definition) is 0. The topological polar surface area (TPSA) is 63.2 Å². The summed E-state index contributed by atoms with van der Waals surface area (Å²) >= 11 is 0. The van der Waals surface area contributed by atoms with Crippen LogP contribution < -0.4 is 0 Å². The zero-order valence-corrected chi connectivity index (χ0v) is 12.9. The van der Waals surface area contributed by atoms with Crippen LogP contribution in [0.15, 0.2) is 35.6 Å². The molecular formula is C15H17N3O2S. The highest BCUT2D eigenvalue weighted by Gasteiger charge is 2.29. The van der Waals surface area contributed by atoms with Crippen molar-refractivity contribution in [1.82, 2.24) is 14.3 Å². The number of sulfonamides is 1. The highest BCUT2D eigenvalue weighted by molar-refractivity contribution is 7.89. The van der Waals surface area contributed by atoms with Crippen LogP contribution in [-0.4, -0.2) is 29.2 Å². The number of benzene rings is 1. The van der Waals surface area contributed by atoms with Crippen molar-refractivity contribution < 1.29 is 8.42 Å². The van der Waals surface area contributed by atoms with E-state index in [0.717, 1.165) is 22.4 Å². The molecule has 0 spiro atoms. The quantitative estimate of drug-likeness (QED) is 0.849. The van der Waals surface area contributed by atoms with E-state index >= 15 is 0 Å². The first-order chi connectivity index (χ1) is 9.98. The summed E-state index contributed by atoms with van der Waals surface area (Å²) < 4.78 is 27.0. The van der Waals surface area contributed by atoms with E-state index in [-0.39, 0.29) is 0 Å². The van der Waals surface area contributed by atoms with Gasteiger partial charge in [0, 0.05) is 37.0 Å². The van der Waals surface area contributed by atoms with Crippen LogP contribution in [0.25, 0.3) is 0 Å². The maximum atomic E-state index is 12.7. The van der Waals surface area contributed by atoms with Crippen molar-refractivity contribution in [3.05, 3.63) is 53.1 Å². The highest BCUT2D eigenvalue weighted by Crippen LogP contribution is 2.24. The van der Waals surface area contributed by atoms with E-state index in [2.05, 4.69) is 9.97 Å².